The number of aromatic nitrogens is 4. The SMILES string of the molecule is CCCCc1nnc(NC(=O)c2ccc3c(=O)n4c(nc3c2)CCCCCC4)s1. The fourth-order valence-electron chi connectivity index (χ4n) is 3.64. The van der Waals surface area contributed by atoms with Crippen molar-refractivity contribution in [3.63, 3.8) is 0 Å². The zero-order valence-electron chi connectivity index (χ0n) is 16.6. The van der Waals surface area contributed by atoms with Crippen molar-refractivity contribution in [3.8, 4) is 0 Å². The zero-order chi connectivity index (χ0) is 20.2. The highest BCUT2D eigenvalue weighted by molar-refractivity contribution is 7.15. The van der Waals surface area contributed by atoms with E-state index in [1.165, 1.54) is 17.8 Å². The second-order valence-corrected chi connectivity index (χ2v) is 8.50. The lowest BCUT2D eigenvalue weighted by molar-refractivity contribution is 0.102. The molecule has 0 bridgehead atoms. The molecule has 0 fully saturated rings. The number of amides is 1. The van der Waals surface area contributed by atoms with Crippen molar-refractivity contribution in [2.75, 3.05) is 5.32 Å². The summed E-state index contributed by atoms with van der Waals surface area (Å²) < 4.78 is 1.81. The maximum absolute atomic E-state index is 12.9. The Kier molecular flexibility index (Phi) is 5.99. The quantitative estimate of drug-likeness (QED) is 0.686. The molecule has 3 aromatic rings. The number of unbranched alkanes of at least 4 members (excludes halogenated alkanes) is 1. The molecule has 2 aromatic heterocycles. The highest BCUT2D eigenvalue weighted by Gasteiger charge is 2.16. The molecule has 0 spiro atoms. The van der Waals surface area contributed by atoms with Crippen molar-refractivity contribution in [2.45, 2.75) is 64.8 Å². The third-order valence-electron chi connectivity index (χ3n) is 5.26. The second-order valence-electron chi connectivity index (χ2n) is 7.44. The van der Waals surface area contributed by atoms with Gasteiger partial charge in [-0.3, -0.25) is 19.5 Å². The number of anilines is 1. The highest BCUT2D eigenvalue weighted by atomic mass is 32.1. The molecule has 152 valence electrons. The number of aryl methyl sites for hydroxylation is 2. The molecule has 0 atom stereocenters. The van der Waals surface area contributed by atoms with Gasteiger partial charge in [0.1, 0.15) is 10.8 Å². The molecule has 1 aromatic carbocycles. The Balaban J connectivity index is 1.59. The van der Waals surface area contributed by atoms with Crippen LogP contribution in [-0.2, 0) is 19.4 Å². The minimum atomic E-state index is -0.265. The maximum Gasteiger partial charge on any atom is 0.261 e. The third kappa shape index (κ3) is 4.37. The first kappa shape index (κ1) is 19.7. The molecule has 0 aliphatic carbocycles. The predicted molar refractivity (Wildman–Crippen MR) is 115 cm³/mol. The molecule has 29 heavy (non-hydrogen) atoms. The minimum absolute atomic E-state index is 0.0106. The predicted octanol–water partition coefficient (Wildman–Crippen LogP) is 3.96. The summed E-state index contributed by atoms with van der Waals surface area (Å²) >= 11 is 1.40. The molecule has 3 heterocycles. The summed E-state index contributed by atoms with van der Waals surface area (Å²) in [7, 11) is 0. The molecular formula is C21H25N5O2S. The van der Waals surface area contributed by atoms with E-state index in [-0.39, 0.29) is 11.5 Å². The molecule has 0 radical (unpaired) electrons. The van der Waals surface area contributed by atoms with E-state index in [0.29, 0.717) is 21.6 Å². The molecule has 4 rings (SSSR count). The van der Waals surface area contributed by atoms with Crippen LogP contribution in [0.1, 0.15) is 66.6 Å². The van der Waals surface area contributed by atoms with E-state index in [0.717, 1.165) is 62.3 Å². The third-order valence-corrected chi connectivity index (χ3v) is 6.16. The average Bonchev–Trinajstić information content (AvgIpc) is 3.14. The molecule has 1 aliphatic rings. The molecule has 1 aliphatic heterocycles. The molecule has 1 amide bonds. The van der Waals surface area contributed by atoms with E-state index in [1.54, 1.807) is 22.8 Å². The summed E-state index contributed by atoms with van der Waals surface area (Å²) in [5.74, 6) is 0.559. The summed E-state index contributed by atoms with van der Waals surface area (Å²) in [5, 5.41) is 13.0. The first-order valence-electron chi connectivity index (χ1n) is 10.3. The summed E-state index contributed by atoms with van der Waals surface area (Å²) in [4.78, 5) is 30.3. The Morgan fingerprint density at radius 1 is 1.21 bits per heavy atom. The number of hydrogen-bond donors (Lipinski definition) is 1. The lowest BCUT2D eigenvalue weighted by atomic mass is 10.1. The zero-order valence-corrected chi connectivity index (χ0v) is 17.4. The van der Waals surface area contributed by atoms with E-state index < -0.39 is 0 Å². The van der Waals surface area contributed by atoms with Crippen LogP contribution in [0.2, 0.25) is 0 Å². The Morgan fingerprint density at radius 2 is 2.07 bits per heavy atom. The van der Waals surface area contributed by atoms with Crippen LogP contribution in [0.5, 0.6) is 0 Å². The molecule has 1 N–H and O–H groups in total. The average molecular weight is 412 g/mol. The van der Waals surface area contributed by atoms with Crippen LogP contribution in [-0.4, -0.2) is 25.7 Å². The van der Waals surface area contributed by atoms with Crippen molar-refractivity contribution >= 4 is 33.3 Å². The normalized spacial score (nSPS) is 14.2. The fourth-order valence-corrected chi connectivity index (χ4v) is 4.42. The maximum atomic E-state index is 12.9. The van der Waals surface area contributed by atoms with Gasteiger partial charge in [0.2, 0.25) is 5.13 Å². The van der Waals surface area contributed by atoms with E-state index in [2.05, 4.69) is 22.4 Å². The smallest absolute Gasteiger partial charge is 0.261 e. The van der Waals surface area contributed by atoms with E-state index in [9.17, 15) is 9.59 Å². The minimum Gasteiger partial charge on any atom is -0.296 e. The Bertz CT molecular complexity index is 1090. The van der Waals surface area contributed by atoms with Crippen molar-refractivity contribution in [1.29, 1.82) is 0 Å². The number of hydrogen-bond acceptors (Lipinski definition) is 6. The van der Waals surface area contributed by atoms with Gasteiger partial charge in [0, 0.05) is 24.9 Å². The summed E-state index contributed by atoms with van der Waals surface area (Å²) in [5.41, 5.74) is 1.03. The lowest BCUT2D eigenvalue weighted by Gasteiger charge is -2.16. The largest absolute Gasteiger partial charge is 0.296 e. The van der Waals surface area contributed by atoms with Gasteiger partial charge in [-0.1, -0.05) is 37.5 Å². The lowest BCUT2D eigenvalue weighted by Crippen LogP contribution is -2.26. The van der Waals surface area contributed by atoms with Gasteiger partial charge < -0.3 is 0 Å². The number of benzene rings is 1. The van der Waals surface area contributed by atoms with E-state index in [1.807, 2.05) is 0 Å². The number of carbonyl (C=O) groups is 1. The first-order valence-corrected chi connectivity index (χ1v) is 11.1. The van der Waals surface area contributed by atoms with Crippen LogP contribution in [0.3, 0.4) is 0 Å². The van der Waals surface area contributed by atoms with Crippen LogP contribution in [0.4, 0.5) is 5.13 Å². The molecule has 0 saturated carbocycles. The van der Waals surface area contributed by atoms with Gasteiger partial charge in [-0.25, -0.2) is 4.98 Å². The molecular weight excluding hydrogens is 386 g/mol. The highest BCUT2D eigenvalue weighted by Crippen LogP contribution is 2.20. The standard InChI is InChI=1S/C21H25N5O2S/c1-2-3-9-18-24-25-21(29-18)23-19(27)14-10-11-15-16(13-14)22-17-8-6-4-5-7-12-26(17)20(15)28/h10-11,13H,2-9,12H2,1H3,(H,23,25,27). The number of nitrogens with zero attached hydrogens (tertiary/aromatic N) is 4. The van der Waals surface area contributed by atoms with Crippen LogP contribution in [0.15, 0.2) is 23.0 Å². The number of carbonyl (C=O) groups excluding carboxylic acids is 1. The number of rotatable bonds is 5. The number of fused-ring (bicyclic) bond motifs is 2. The van der Waals surface area contributed by atoms with Gasteiger partial charge in [0.15, 0.2) is 0 Å². The second kappa shape index (κ2) is 8.82. The summed E-state index contributed by atoms with van der Waals surface area (Å²) in [6.07, 6.45) is 8.17. The summed E-state index contributed by atoms with van der Waals surface area (Å²) in [6.45, 7) is 2.85. The Hall–Kier alpha value is -2.61. The molecule has 0 saturated heterocycles. The number of nitrogens with one attached hydrogen (secondary N) is 1. The van der Waals surface area contributed by atoms with E-state index >= 15 is 0 Å². The molecule has 7 nitrogen and oxygen atoms in total. The molecule has 8 heteroatoms. The van der Waals surface area contributed by atoms with Gasteiger partial charge in [-0.15, -0.1) is 10.2 Å². The van der Waals surface area contributed by atoms with Crippen LogP contribution in [0.25, 0.3) is 10.9 Å². The van der Waals surface area contributed by atoms with Crippen LogP contribution in [0, 0.1) is 0 Å². The summed E-state index contributed by atoms with van der Waals surface area (Å²) in [6, 6.07) is 5.08. The van der Waals surface area contributed by atoms with Gasteiger partial charge in [0.25, 0.3) is 11.5 Å². The van der Waals surface area contributed by atoms with Gasteiger partial charge in [-0.2, -0.15) is 0 Å². The van der Waals surface area contributed by atoms with Crippen LogP contribution >= 0.6 is 11.3 Å². The topological polar surface area (TPSA) is 89.8 Å². The van der Waals surface area contributed by atoms with Crippen molar-refractivity contribution < 1.29 is 4.79 Å². The van der Waals surface area contributed by atoms with Gasteiger partial charge >= 0.3 is 0 Å². The van der Waals surface area contributed by atoms with E-state index in [4.69, 9.17) is 4.98 Å². The van der Waals surface area contributed by atoms with Gasteiger partial charge in [-0.05, 0) is 37.5 Å². The van der Waals surface area contributed by atoms with Crippen molar-refractivity contribution in [2.24, 2.45) is 0 Å². The van der Waals surface area contributed by atoms with Crippen LogP contribution < -0.4 is 10.9 Å². The Morgan fingerprint density at radius 3 is 2.93 bits per heavy atom. The molecule has 0 unspecified atom stereocenters. The Labute approximate surface area is 173 Å². The van der Waals surface area contributed by atoms with Gasteiger partial charge in [0.05, 0.1) is 10.9 Å². The van der Waals surface area contributed by atoms with Crippen molar-refractivity contribution in [3.05, 3.63) is 44.9 Å². The van der Waals surface area contributed by atoms with Crippen molar-refractivity contribution in [1.82, 2.24) is 19.7 Å². The first-order chi connectivity index (χ1) is 14.2. The fraction of sp³-hybridized carbons (Fsp3) is 0.476. The monoisotopic (exact) mass is 411 g/mol.